The highest BCUT2D eigenvalue weighted by molar-refractivity contribution is 6.53. The Hall–Kier alpha value is -1.73. The van der Waals surface area contributed by atoms with Crippen molar-refractivity contribution < 1.29 is 14.0 Å². The minimum atomic E-state index is -1.38. The van der Waals surface area contributed by atoms with E-state index in [0.717, 1.165) is 0 Å². The minimum Gasteiger partial charge on any atom is -0.326 e. The molecule has 2 amide bonds. The molecule has 3 aromatic rings. The predicted octanol–water partition coefficient (Wildman–Crippen LogP) is 8.22. The van der Waals surface area contributed by atoms with Gasteiger partial charge in [-0.2, -0.15) is 0 Å². The molecule has 0 aromatic heterocycles. The zero-order chi connectivity index (χ0) is 24.8. The van der Waals surface area contributed by atoms with E-state index in [1.807, 2.05) is 0 Å². The number of anilines is 2. The van der Waals surface area contributed by atoms with Crippen LogP contribution in [0.4, 0.5) is 15.8 Å². The second-order valence-corrected chi connectivity index (χ2v) is 10.7. The zero-order valence-corrected chi connectivity index (χ0v) is 21.3. The van der Waals surface area contributed by atoms with Crippen molar-refractivity contribution in [1.82, 2.24) is 0 Å². The van der Waals surface area contributed by atoms with Crippen LogP contribution < -0.4 is 10.6 Å². The fourth-order valence-corrected chi connectivity index (χ4v) is 5.39. The molecule has 1 aliphatic carbocycles. The molecule has 34 heavy (non-hydrogen) atoms. The number of carbonyl (C=O) groups excluding carboxylic acids is 2. The van der Waals surface area contributed by atoms with Crippen LogP contribution in [0, 0.1) is 11.7 Å². The Labute approximate surface area is 224 Å². The standard InChI is InChI=1S/C23H13Cl6FN2O2/c24-11-5-10(6-12(25)7-11)18-19(23(18,28)29)22(34)32-15-8-16(20(27)17(26)9-15)21(33)31-14-3-1-13(30)2-4-14/h1-9,18-19H,(H,31,33)(H,32,34)/t18-,19+/m1/s1. The van der Waals surface area contributed by atoms with Crippen molar-refractivity contribution in [3.8, 4) is 0 Å². The van der Waals surface area contributed by atoms with Gasteiger partial charge in [-0.05, 0) is 60.2 Å². The van der Waals surface area contributed by atoms with Crippen LogP contribution in [0.2, 0.25) is 20.1 Å². The lowest BCUT2D eigenvalue weighted by molar-refractivity contribution is -0.117. The summed E-state index contributed by atoms with van der Waals surface area (Å²) >= 11 is 37.3. The quantitative estimate of drug-likeness (QED) is 0.299. The van der Waals surface area contributed by atoms with Gasteiger partial charge < -0.3 is 10.6 Å². The number of rotatable bonds is 5. The largest absolute Gasteiger partial charge is 0.326 e. The number of nitrogens with one attached hydrogen (secondary N) is 2. The smallest absolute Gasteiger partial charge is 0.257 e. The topological polar surface area (TPSA) is 58.2 Å². The van der Waals surface area contributed by atoms with Gasteiger partial charge in [0.2, 0.25) is 5.91 Å². The number of carbonyl (C=O) groups is 2. The normalized spacial score (nSPS) is 18.3. The number of alkyl halides is 2. The van der Waals surface area contributed by atoms with Gasteiger partial charge in [-0.15, -0.1) is 23.2 Å². The van der Waals surface area contributed by atoms with Gasteiger partial charge in [-0.3, -0.25) is 9.59 Å². The summed E-state index contributed by atoms with van der Waals surface area (Å²) in [6.07, 6.45) is 0. The van der Waals surface area contributed by atoms with Crippen molar-refractivity contribution in [2.45, 2.75) is 10.3 Å². The van der Waals surface area contributed by atoms with E-state index in [9.17, 15) is 14.0 Å². The van der Waals surface area contributed by atoms with Crippen LogP contribution in [0.15, 0.2) is 54.6 Å². The highest BCUT2D eigenvalue weighted by Gasteiger charge is 2.67. The second kappa shape index (κ2) is 9.73. The van der Waals surface area contributed by atoms with E-state index < -0.39 is 33.8 Å². The number of halogens is 7. The Morgan fingerprint density at radius 2 is 1.44 bits per heavy atom. The Kier molecular flexibility index (Phi) is 7.26. The van der Waals surface area contributed by atoms with Crippen molar-refractivity contribution in [3.05, 3.63) is 91.6 Å². The molecule has 4 rings (SSSR count). The molecule has 1 fully saturated rings. The summed E-state index contributed by atoms with van der Waals surface area (Å²) in [5.41, 5.74) is 1.19. The maximum atomic E-state index is 13.1. The van der Waals surface area contributed by atoms with Crippen LogP contribution in [0.3, 0.4) is 0 Å². The maximum absolute atomic E-state index is 13.1. The number of hydrogen-bond acceptors (Lipinski definition) is 2. The van der Waals surface area contributed by atoms with Crippen molar-refractivity contribution in [2.24, 2.45) is 5.92 Å². The van der Waals surface area contributed by atoms with Gasteiger partial charge in [0.1, 0.15) is 10.2 Å². The lowest BCUT2D eigenvalue weighted by Gasteiger charge is -2.12. The third-order valence-electron chi connectivity index (χ3n) is 5.22. The molecule has 0 heterocycles. The molecule has 176 valence electrons. The molecule has 11 heteroatoms. The summed E-state index contributed by atoms with van der Waals surface area (Å²) in [6, 6.07) is 12.8. The van der Waals surface area contributed by atoms with E-state index in [0.29, 0.717) is 21.3 Å². The molecule has 2 atom stereocenters. The summed E-state index contributed by atoms with van der Waals surface area (Å²) in [6.45, 7) is 0. The van der Waals surface area contributed by atoms with E-state index in [2.05, 4.69) is 10.6 Å². The van der Waals surface area contributed by atoms with Gasteiger partial charge in [0.25, 0.3) is 5.91 Å². The summed E-state index contributed by atoms with van der Waals surface area (Å²) in [5.74, 6) is -2.89. The van der Waals surface area contributed by atoms with Crippen molar-refractivity contribution in [3.63, 3.8) is 0 Å². The first-order valence-electron chi connectivity index (χ1n) is 9.68. The predicted molar refractivity (Wildman–Crippen MR) is 137 cm³/mol. The van der Waals surface area contributed by atoms with Crippen molar-refractivity contribution >= 4 is 92.8 Å². The average Bonchev–Trinajstić information content (AvgIpc) is 3.33. The van der Waals surface area contributed by atoms with E-state index in [1.165, 1.54) is 36.4 Å². The van der Waals surface area contributed by atoms with Crippen molar-refractivity contribution in [2.75, 3.05) is 10.6 Å². The van der Waals surface area contributed by atoms with Gasteiger partial charge in [0.05, 0.1) is 21.5 Å². The number of hydrogen-bond donors (Lipinski definition) is 2. The Morgan fingerprint density at radius 1 is 0.824 bits per heavy atom. The first-order valence-corrected chi connectivity index (χ1v) is 11.9. The van der Waals surface area contributed by atoms with Crippen LogP contribution in [0.5, 0.6) is 0 Å². The molecule has 3 aromatic carbocycles. The third kappa shape index (κ3) is 5.25. The molecule has 1 saturated carbocycles. The molecule has 4 nitrogen and oxygen atoms in total. The summed E-state index contributed by atoms with van der Waals surface area (Å²) < 4.78 is 11.7. The highest BCUT2D eigenvalue weighted by Crippen LogP contribution is 2.65. The average molecular weight is 581 g/mol. The van der Waals surface area contributed by atoms with Gasteiger partial charge in [-0.1, -0.05) is 46.4 Å². The van der Waals surface area contributed by atoms with Gasteiger partial charge in [-0.25, -0.2) is 4.39 Å². The molecule has 0 aliphatic heterocycles. The number of amides is 2. The van der Waals surface area contributed by atoms with Crippen molar-refractivity contribution in [1.29, 1.82) is 0 Å². The molecule has 0 spiro atoms. The molecule has 0 unspecified atom stereocenters. The Morgan fingerprint density at radius 3 is 2.06 bits per heavy atom. The second-order valence-electron chi connectivity index (χ2n) is 7.60. The molecule has 1 aliphatic rings. The summed E-state index contributed by atoms with van der Waals surface area (Å²) in [7, 11) is 0. The van der Waals surface area contributed by atoms with E-state index in [1.54, 1.807) is 18.2 Å². The zero-order valence-electron chi connectivity index (χ0n) is 16.8. The van der Waals surface area contributed by atoms with E-state index in [-0.39, 0.29) is 21.3 Å². The van der Waals surface area contributed by atoms with Gasteiger partial charge in [0, 0.05) is 27.3 Å². The third-order valence-corrected chi connectivity index (χ3v) is 7.40. The minimum absolute atomic E-state index is 0.00534. The van der Waals surface area contributed by atoms with E-state index in [4.69, 9.17) is 69.6 Å². The molecule has 0 radical (unpaired) electrons. The van der Waals surface area contributed by atoms with Crippen LogP contribution in [-0.4, -0.2) is 16.1 Å². The van der Waals surface area contributed by atoms with E-state index >= 15 is 0 Å². The summed E-state index contributed by atoms with van der Waals surface area (Å²) in [4.78, 5) is 25.7. The molecular weight excluding hydrogens is 568 g/mol. The first kappa shape index (κ1) is 25.4. The molecule has 0 bridgehead atoms. The highest BCUT2D eigenvalue weighted by atomic mass is 35.5. The van der Waals surface area contributed by atoms with Crippen LogP contribution in [-0.2, 0) is 4.79 Å². The van der Waals surface area contributed by atoms with Crippen LogP contribution in [0.25, 0.3) is 0 Å². The fourth-order valence-electron chi connectivity index (χ4n) is 3.60. The van der Waals surface area contributed by atoms with Crippen LogP contribution >= 0.6 is 69.6 Å². The summed E-state index contributed by atoms with van der Waals surface area (Å²) in [5, 5.41) is 6.07. The number of benzene rings is 3. The lowest BCUT2D eigenvalue weighted by atomic mass is 10.1. The maximum Gasteiger partial charge on any atom is 0.257 e. The molecular formula is C23H13Cl6FN2O2. The molecule has 0 saturated heterocycles. The van der Waals surface area contributed by atoms with Crippen LogP contribution in [0.1, 0.15) is 21.8 Å². The first-order chi connectivity index (χ1) is 16.0. The Balaban J connectivity index is 1.54. The van der Waals surface area contributed by atoms with Gasteiger partial charge >= 0.3 is 0 Å². The monoisotopic (exact) mass is 578 g/mol. The Bertz CT molecular complexity index is 1280. The van der Waals surface area contributed by atoms with Gasteiger partial charge in [0.15, 0.2) is 0 Å². The lowest BCUT2D eigenvalue weighted by Crippen LogP contribution is -2.18. The SMILES string of the molecule is O=C(Nc1ccc(F)cc1)c1cc(NC(=O)[C@@H]2[C@@H](c3cc(Cl)cc(Cl)c3)C2(Cl)Cl)cc(Cl)c1Cl. The fraction of sp³-hybridized carbons (Fsp3) is 0.130. The molecule has 2 N–H and O–H groups in total.